The molecule has 1 aromatic heterocycles. The van der Waals surface area contributed by atoms with Gasteiger partial charge in [-0.2, -0.15) is 4.98 Å². The fraction of sp³-hybridized carbons (Fsp3) is 0.360. The Bertz CT molecular complexity index is 1220. The Hall–Kier alpha value is -3.33. The third-order valence-electron chi connectivity index (χ3n) is 5.34. The molecule has 0 saturated heterocycles. The van der Waals surface area contributed by atoms with Crippen molar-refractivity contribution in [3.05, 3.63) is 47.5 Å². The second-order valence-electron chi connectivity index (χ2n) is 8.42. The monoisotopic (exact) mass is 480 g/mol. The number of benzene rings is 2. The zero-order valence-electron chi connectivity index (χ0n) is 20.2. The van der Waals surface area contributed by atoms with Crippen LogP contribution >= 0.6 is 11.8 Å². The highest BCUT2D eigenvalue weighted by molar-refractivity contribution is 7.99. The highest BCUT2D eigenvalue weighted by Crippen LogP contribution is 2.46. The summed E-state index contributed by atoms with van der Waals surface area (Å²) in [6.07, 6.45) is -0.857. The Labute approximate surface area is 203 Å². The molecule has 34 heavy (non-hydrogen) atoms. The molecule has 3 aromatic rings. The lowest BCUT2D eigenvalue weighted by molar-refractivity contribution is -0.118. The molecule has 0 radical (unpaired) electrons. The number of amides is 1. The number of thioether (sulfide) groups is 1. The van der Waals surface area contributed by atoms with Crippen molar-refractivity contribution in [1.29, 1.82) is 0 Å². The first-order valence-corrected chi connectivity index (χ1v) is 12.0. The van der Waals surface area contributed by atoms with Gasteiger partial charge in [0, 0.05) is 18.2 Å². The molecule has 0 bridgehead atoms. The van der Waals surface area contributed by atoms with Crippen LogP contribution in [-0.2, 0) is 4.79 Å². The number of methoxy groups -OCH3 is 2. The van der Waals surface area contributed by atoms with E-state index in [1.54, 1.807) is 25.2 Å². The van der Waals surface area contributed by atoms with E-state index in [9.17, 15) is 4.79 Å². The summed E-state index contributed by atoms with van der Waals surface area (Å²) in [5, 5.41) is 9.34. The number of rotatable bonds is 6. The van der Waals surface area contributed by atoms with E-state index in [1.165, 1.54) is 18.7 Å². The largest absolute Gasteiger partial charge is 0.493 e. The molecule has 1 unspecified atom stereocenters. The highest BCUT2D eigenvalue weighted by Gasteiger charge is 2.36. The number of carbonyl (C=O) groups excluding carboxylic acids is 1. The van der Waals surface area contributed by atoms with Crippen molar-refractivity contribution in [2.45, 2.75) is 39.1 Å². The number of hydrogen-bond donors (Lipinski definition) is 0. The van der Waals surface area contributed by atoms with E-state index in [0.29, 0.717) is 45.4 Å². The molecule has 1 amide bonds. The van der Waals surface area contributed by atoms with Crippen LogP contribution in [0.25, 0.3) is 11.3 Å². The van der Waals surface area contributed by atoms with E-state index in [2.05, 4.69) is 24.0 Å². The third kappa shape index (κ3) is 4.52. The van der Waals surface area contributed by atoms with E-state index in [0.717, 1.165) is 16.9 Å². The molecule has 1 aliphatic heterocycles. The van der Waals surface area contributed by atoms with Crippen LogP contribution in [0.2, 0.25) is 0 Å². The molecule has 1 atom stereocenters. The summed E-state index contributed by atoms with van der Waals surface area (Å²) in [6, 6.07) is 11.3. The first kappa shape index (κ1) is 23.8. The summed E-state index contributed by atoms with van der Waals surface area (Å²) in [4.78, 5) is 19.3. The van der Waals surface area contributed by atoms with Crippen LogP contribution in [0.15, 0.2) is 41.6 Å². The van der Waals surface area contributed by atoms with Crippen molar-refractivity contribution in [1.82, 2.24) is 15.2 Å². The van der Waals surface area contributed by atoms with E-state index in [-0.39, 0.29) is 5.91 Å². The van der Waals surface area contributed by atoms with Crippen molar-refractivity contribution in [2.75, 3.05) is 24.9 Å². The molecule has 1 aliphatic rings. The van der Waals surface area contributed by atoms with Gasteiger partial charge in [0.1, 0.15) is 0 Å². The predicted octanol–water partition coefficient (Wildman–Crippen LogP) is 5.06. The van der Waals surface area contributed by atoms with Crippen LogP contribution in [0.1, 0.15) is 38.1 Å². The van der Waals surface area contributed by atoms with Gasteiger partial charge < -0.3 is 14.2 Å². The Kier molecular flexibility index (Phi) is 6.92. The predicted molar refractivity (Wildman–Crippen MR) is 132 cm³/mol. The summed E-state index contributed by atoms with van der Waals surface area (Å²) in [5.41, 5.74) is 3.53. The van der Waals surface area contributed by atoms with E-state index in [1.807, 2.05) is 37.3 Å². The zero-order valence-corrected chi connectivity index (χ0v) is 21.0. The summed E-state index contributed by atoms with van der Waals surface area (Å²) in [7, 11) is 3.13. The Morgan fingerprint density at radius 2 is 1.97 bits per heavy atom. The molecule has 0 fully saturated rings. The first-order valence-electron chi connectivity index (χ1n) is 11.0. The van der Waals surface area contributed by atoms with Crippen LogP contribution in [0.5, 0.6) is 17.4 Å². The SMILES string of the molecule is COc1cccc(C2Oc3nc(SCC(C)C)nnc3-c3cc(C)ccc3N2C(C)=O)c1OC. The lowest BCUT2D eigenvalue weighted by Gasteiger charge is -2.31. The van der Waals surface area contributed by atoms with Gasteiger partial charge in [-0.25, -0.2) is 0 Å². The first-order chi connectivity index (χ1) is 16.3. The topological polar surface area (TPSA) is 86.7 Å². The number of nitrogens with zero attached hydrogens (tertiary/aromatic N) is 4. The van der Waals surface area contributed by atoms with Crippen LogP contribution in [-0.4, -0.2) is 41.1 Å². The molecule has 9 heteroatoms. The van der Waals surface area contributed by atoms with Crippen molar-refractivity contribution in [3.63, 3.8) is 0 Å². The fourth-order valence-electron chi connectivity index (χ4n) is 3.83. The minimum Gasteiger partial charge on any atom is -0.493 e. The summed E-state index contributed by atoms with van der Waals surface area (Å²) in [5.74, 6) is 2.45. The quantitative estimate of drug-likeness (QED) is 0.453. The number of fused-ring (bicyclic) bond motifs is 3. The number of aromatic nitrogens is 3. The van der Waals surface area contributed by atoms with Gasteiger partial charge in [0.25, 0.3) is 0 Å². The lowest BCUT2D eigenvalue weighted by atomic mass is 10.0. The van der Waals surface area contributed by atoms with Crippen LogP contribution < -0.4 is 19.1 Å². The Balaban J connectivity index is 1.95. The average molecular weight is 481 g/mol. The average Bonchev–Trinajstić information content (AvgIpc) is 2.96. The minimum absolute atomic E-state index is 0.199. The summed E-state index contributed by atoms with van der Waals surface area (Å²) in [6.45, 7) is 7.76. The van der Waals surface area contributed by atoms with Gasteiger partial charge in [0.15, 0.2) is 17.2 Å². The minimum atomic E-state index is -0.857. The molecule has 0 aliphatic carbocycles. The zero-order chi connectivity index (χ0) is 24.4. The maximum absolute atomic E-state index is 13.0. The number of para-hydroxylation sites is 1. The standard InChI is InChI=1S/C25H28N4O4S/c1-14(2)13-34-25-26-23-21(27-28-25)18-12-15(3)10-11-19(18)29(16(4)30)24(33-23)17-8-7-9-20(31-5)22(17)32-6/h7-12,14,24H,13H2,1-6H3. The number of carbonyl (C=O) groups is 1. The van der Waals surface area contributed by atoms with Crippen LogP contribution in [0.3, 0.4) is 0 Å². The Morgan fingerprint density at radius 1 is 1.18 bits per heavy atom. The maximum Gasteiger partial charge on any atom is 0.247 e. The molecular formula is C25H28N4O4S. The van der Waals surface area contributed by atoms with Crippen molar-refractivity contribution in [3.8, 4) is 28.6 Å². The molecule has 0 saturated carbocycles. The number of aryl methyl sites for hydroxylation is 1. The number of hydrogen-bond acceptors (Lipinski definition) is 8. The normalized spacial score (nSPS) is 14.7. The second kappa shape index (κ2) is 9.89. The van der Waals surface area contributed by atoms with E-state index >= 15 is 0 Å². The molecule has 0 spiro atoms. The molecular weight excluding hydrogens is 452 g/mol. The van der Waals surface area contributed by atoms with Gasteiger partial charge >= 0.3 is 0 Å². The number of ether oxygens (including phenoxy) is 3. The van der Waals surface area contributed by atoms with Crippen LogP contribution in [0.4, 0.5) is 5.69 Å². The molecule has 4 rings (SSSR count). The molecule has 8 nitrogen and oxygen atoms in total. The summed E-state index contributed by atoms with van der Waals surface area (Å²) < 4.78 is 17.6. The number of anilines is 1. The second-order valence-corrected chi connectivity index (χ2v) is 9.40. The maximum atomic E-state index is 13.0. The van der Waals surface area contributed by atoms with Gasteiger partial charge in [-0.15, -0.1) is 10.2 Å². The molecule has 0 N–H and O–H groups in total. The van der Waals surface area contributed by atoms with Gasteiger partial charge in [-0.1, -0.05) is 43.3 Å². The van der Waals surface area contributed by atoms with Gasteiger partial charge in [-0.3, -0.25) is 9.69 Å². The smallest absolute Gasteiger partial charge is 0.247 e. The van der Waals surface area contributed by atoms with Crippen molar-refractivity contribution >= 4 is 23.4 Å². The summed E-state index contributed by atoms with van der Waals surface area (Å²) >= 11 is 1.52. The fourth-order valence-corrected chi connectivity index (χ4v) is 4.56. The van der Waals surface area contributed by atoms with Crippen molar-refractivity contribution in [2.24, 2.45) is 5.92 Å². The Morgan fingerprint density at radius 3 is 2.65 bits per heavy atom. The molecule has 2 aromatic carbocycles. The van der Waals surface area contributed by atoms with E-state index in [4.69, 9.17) is 19.2 Å². The molecule has 178 valence electrons. The van der Waals surface area contributed by atoms with Crippen molar-refractivity contribution < 1.29 is 19.0 Å². The molecule has 2 heterocycles. The van der Waals surface area contributed by atoms with E-state index < -0.39 is 6.23 Å². The lowest BCUT2D eigenvalue weighted by Crippen LogP contribution is -2.36. The van der Waals surface area contributed by atoms with Gasteiger partial charge in [-0.05, 0) is 37.1 Å². The third-order valence-corrected chi connectivity index (χ3v) is 6.61. The van der Waals surface area contributed by atoms with Gasteiger partial charge in [0.2, 0.25) is 23.2 Å². The highest BCUT2D eigenvalue weighted by atomic mass is 32.2. The van der Waals surface area contributed by atoms with Gasteiger partial charge in [0.05, 0.1) is 25.5 Å². The van der Waals surface area contributed by atoms with Crippen LogP contribution in [0, 0.1) is 12.8 Å².